The minimum atomic E-state index is -0.513. The number of thioether (sulfide) groups is 1. The van der Waals surface area contributed by atoms with E-state index >= 15 is 0 Å². The van der Waals surface area contributed by atoms with Crippen LogP contribution >= 0.6 is 35.3 Å². The third kappa shape index (κ3) is 3.48. The number of amides is 2. The first-order valence-corrected chi connectivity index (χ1v) is 9.21. The van der Waals surface area contributed by atoms with Crippen LogP contribution in [0.5, 0.6) is 0 Å². The van der Waals surface area contributed by atoms with Gasteiger partial charge in [-0.15, -0.1) is 11.3 Å². The largest absolute Gasteiger partial charge is 0.296 e. The van der Waals surface area contributed by atoms with Gasteiger partial charge in [-0.2, -0.15) is 0 Å². The average molecular weight is 393 g/mol. The molecule has 1 aromatic heterocycles. The molecule has 2 amide bonds. The molecule has 2 aromatic rings. The Kier molecular flexibility index (Phi) is 4.98. The van der Waals surface area contributed by atoms with Crippen molar-refractivity contribution in [3.05, 3.63) is 46.1 Å². The summed E-state index contributed by atoms with van der Waals surface area (Å²) in [7, 11) is 1.61. The molecule has 128 valence electrons. The molecule has 1 aliphatic heterocycles. The van der Waals surface area contributed by atoms with Crippen LogP contribution in [0.15, 0.2) is 34.6 Å². The van der Waals surface area contributed by atoms with E-state index in [0.717, 1.165) is 0 Å². The number of para-hydroxylation sites is 1. The summed E-state index contributed by atoms with van der Waals surface area (Å²) in [5.41, 5.74) is 0.646. The number of hydrogen-bond acceptors (Lipinski definition) is 6. The minimum Gasteiger partial charge on any atom is -0.296 e. The first-order chi connectivity index (χ1) is 11.9. The van der Waals surface area contributed by atoms with Crippen LogP contribution in [0.4, 0.5) is 15.2 Å². The molecule has 1 fully saturated rings. The van der Waals surface area contributed by atoms with Gasteiger partial charge in [-0.25, -0.2) is 9.37 Å². The number of hydrogen-bond donors (Lipinski definition) is 0. The van der Waals surface area contributed by atoms with Crippen molar-refractivity contribution in [3.63, 3.8) is 0 Å². The van der Waals surface area contributed by atoms with E-state index in [4.69, 9.17) is 12.2 Å². The quantitative estimate of drug-likeness (QED) is 0.587. The lowest BCUT2D eigenvalue weighted by molar-refractivity contribution is -0.121. The van der Waals surface area contributed by atoms with E-state index < -0.39 is 5.82 Å². The van der Waals surface area contributed by atoms with Crippen molar-refractivity contribution >= 4 is 68.3 Å². The number of thiazole rings is 1. The van der Waals surface area contributed by atoms with Crippen molar-refractivity contribution in [2.24, 2.45) is 0 Å². The van der Waals surface area contributed by atoms with Gasteiger partial charge in [-0.05, 0) is 18.2 Å². The van der Waals surface area contributed by atoms with Crippen LogP contribution in [0.2, 0.25) is 0 Å². The normalized spacial score (nSPS) is 16.0. The summed E-state index contributed by atoms with van der Waals surface area (Å²) in [5.74, 6) is -1.06. The van der Waals surface area contributed by atoms with E-state index in [1.54, 1.807) is 30.6 Å². The van der Waals surface area contributed by atoms with Gasteiger partial charge in [-0.3, -0.25) is 19.4 Å². The molecule has 0 atom stereocenters. The predicted molar refractivity (Wildman–Crippen MR) is 102 cm³/mol. The second-order valence-corrected chi connectivity index (χ2v) is 7.61. The van der Waals surface area contributed by atoms with Gasteiger partial charge >= 0.3 is 0 Å². The summed E-state index contributed by atoms with van der Waals surface area (Å²) < 4.78 is 14.5. The molecular formula is C16H12FN3O2S3. The molecule has 1 aromatic carbocycles. The van der Waals surface area contributed by atoms with Crippen LogP contribution in [0, 0.1) is 5.82 Å². The van der Waals surface area contributed by atoms with Crippen molar-refractivity contribution in [2.75, 3.05) is 11.9 Å². The van der Waals surface area contributed by atoms with Gasteiger partial charge in [0.05, 0.1) is 16.3 Å². The number of benzene rings is 1. The van der Waals surface area contributed by atoms with Crippen molar-refractivity contribution < 1.29 is 14.0 Å². The van der Waals surface area contributed by atoms with E-state index in [1.807, 2.05) is 0 Å². The Morgan fingerprint density at radius 1 is 1.40 bits per heavy atom. The van der Waals surface area contributed by atoms with Crippen molar-refractivity contribution in [3.8, 4) is 0 Å². The lowest BCUT2D eigenvalue weighted by Crippen LogP contribution is -2.23. The van der Waals surface area contributed by atoms with Gasteiger partial charge in [0.25, 0.3) is 5.91 Å². The first-order valence-electron chi connectivity index (χ1n) is 7.11. The topological polar surface area (TPSA) is 53.5 Å². The monoisotopic (exact) mass is 393 g/mol. The molecule has 0 saturated carbocycles. The lowest BCUT2D eigenvalue weighted by Gasteiger charge is -2.18. The fourth-order valence-electron chi connectivity index (χ4n) is 2.17. The highest BCUT2D eigenvalue weighted by Crippen LogP contribution is 2.34. The molecule has 1 saturated heterocycles. The number of halogens is 1. The van der Waals surface area contributed by atoms with Crippen LogP contribution in [0.25, 0.3) is 6.08 Å². The molecule has 0 N–H and O–H groups in total. The molecule has 0 radical (unpaired) electrons. The lowest BCUT2D eigenvalue weighted by atomic mass is 10.3. The minimum absolute atomic E-state index is 0.135. The molecule has 5 nitrogen and oxygen atoms in total. The zero-order valence-electron chi connectivity index (χ0n) is 13.2. The number of aromatic nitrogens is 1. The molecule has 0 spiro atoms. The summed E-state index contributed by atoms with van der Waals surface area (Å²) in [5, 5.41) is 2.03. The molecule has 1 aliphatic rings. The SMILES string of the molecule is CC(=O)N(c1nc(C=C2SC(=S)N(C)C2=O)cs1)c1ccccc1F. The highest BCUT2D eigenvalue weighted by atomic mass is 32.2. The summed E-state index contributed by atoms with van der Waals surface area (Å²) in [4.78, 5) is 31.5. The second kappa shape index (κ2) is 7.03. The van der Waals surface area contributed by atoms with E-state index in [0.29, 0.717) is 20.1 Å². The Hall–Kier alpha value is -2.10. The van der Waals surface area contributed by atoms with Crippen molar-refractivity contribution in [1.82, 2.24) is 9.88 Å². The Bertz CT molecular complexity index is 910. The third-order valence-corrected chi connectivity index (χ3v) is 5.70. The molecule has 2 heterocycles. The van der Waals surface area contributed by atoms with Crippen LogP contribution in [0.3, 0.4) is 0 Å². The molecule has 0 unspecified atom stereocenters. The molecule has 25 heavy (non-hydrogen) atoms. The van der Waals surface area contributed by atoms with Gasteiger partial charge < -0.3 is 0 Å². The Morgan fingerprint density at radius 3 is 2.72 bits per heavy atom. The Balaban J connectivity index is 1.95. The van der Waals surface area contributed by atoms with Gasteiger partial charge in [-0.1, -0.05) is 36.1 Å². The summed E-state index contributed by atoms with van der Waals surface area (Å²) in [6, 6.07) is 6.00. The molecule has 3 rings (SSSR count). The van der Waals surface area contributed by atoms with Crippen LogP contribution < -0.4 is 4.90 Å². The summed E-state index contributed by atoms with van der Waals surface area (Å²) >= 11 is 7.47. The number of anilines is 2. The van der Waals surface area contributed by atoms with Crippen LogP contribution in [-0.4, -0.2) is 33.1 Å². The van der Waals surface area contributed by atoms with E-state index in [9.17, 15) is 14.0 Å². The standard InChI is InChI=1S/C16H12FN3O2S3/c1-9(21)20(12-6-4-3-5-11(12)17)15-18-10(8-24-15)7-13-14(22)19(2)16(23)25-13/h3-8H,1-2H3. The summed E-state index contributed by atoms with van der Waals surface area (Å²) in [6.45, 7) is 1.34. The molecular weight excluding hydrogens is 381 g/mol. The number of carbonyl (C=O) groups is 2. The number of nitrogens with zero attached hydrogens (tertiary/aromatic N) is 3. The maximum atomic E-state index is 14.1. The van der Waals surface area contributed by atoms with E-state index in [1.165, 1.54) is 52.0 Å². The van der Waals surface area contributed by atoms with Crippen LogP contribution in [-0.2, 0) is 9.59 Å². The average Bonchev–Trinajstić information content (AvgIpc) is 3.11. The zero-order valence-corrected chi connectivity index (χ0v) is 15.7. The van der Waals surface area contributed by atoms with Gasteiger partial charge in [0.15, 0.2) is 5.13 Å². The third-order valence-electron chi connectivity index (χ3n) is 3.37. The molecule has 0 aliphatic carbocycles. The number of likely N-dealkylation sites (N-methyl/N-ethyl adjacent to an activating group) is 1. The zero-order chi connectivity index (χ0) is 18.1. The van der Waals surface area contributed by atoms with Crippen molar-refractivity contribution in [2.45, 2.75) is 6.92 Å². The highest BCUT2D eigenvalue weighted by Gasteiger charge is 2.29. The van der Waals surface area contributed by atoms with E-state index in [-0.39, 0.29) is 17.5 Å². The summed E-state index contributed by atoms with van der Waals surface area (Å²) in [6.07, 6.45) is 1.61. The van der Waals surface area contributed by atoms with Crippen LogP contribution in [0.1, 0.15) is 12.6 Å². The van der Waals surface area contributed by atoms with Gasteiger partial charge in [0.1, 0.15) is 10.1 Å². The van der Waals surface area contributed by atoms with Gasteiger partial charge in [0.2, 0.25) is 5.91 Å². The van der Waals surface area contributed by atoms with E-state index in [2.05, 4.69) is 4.98 Å². The fourth-order valence-corrected chi connectivity index (χ4v) is 4.17. The maximum Gasteiger partial charge on any atom is 0.265 e. The fraction of sp³-hybridized carbons (Fsp3) is 0.125. The predicted octanol–water partition coefficient (Wildman–Crippen LogP) is 3.80. The number of carbonyl (C=O) groups excluding carboxylic acids is 2. The first kappa shape index (κ1) is 17.7. The molecule has 0 bridgehead atoms. The smallest absolute Gasteiger partial charge is 0.265 e. The molecule has 9 heteroatoms. The Morgan fingerprint density at radius 2 is 2.12 bits per heavy atom. The van der Waals surface area contributed by atoms with Crippen molar-refractivity contribution in [1.29, 1.82) is 0 Å². The second-order valence-electron chi connectivity index (χ2n) is 5.10. The maximum absolute atomic E-state index is 14.1. The highest BCUT2D eigenvalue weighted by molar-refractivity contribution is 8.26. The number of thiocarbonyl (C=S) groups is 1. The number of rotatable bonds is 3. The Labute approximate surface area is 157 Å². The van der Waals surface area contributed by atoms with Gasteiger partial charge in [0, 0.05) is 19.4 Å².